The van der Waals surface area contributed by atoms with Crippen molar-refractivity contribution in [1.29, 1.82) is 0 Å². The molecule has 1 aromatic rings. The normalized spacial score (nSPS) is 21.7. The van der Waals surface area contributed by atoms with E-state index in [9.17, 15) is 13.2 Å². The summed E-state index contributed by atoms with van der Waals surface area (Å²) in [7, 11) is -3.22. The molecule has 0 spiro atoms. The standard InChI is InChI=1S/C16H23N3O3S/c1-11-4-5-14(18-16(20)12(2)13-9-17-10-13)8-15(11)19-6-3-7-23(19,21)22/h4-5,8,12-13,17H,3,6-7,9-10H2,1-2H3,(H,18,20). The third-order valence-electron chi connectivity index (χ3n) is 4.78. The molecule has 1 aromatic carbocycles. The van der Waals surface area contributed by atoms with Gasteiger partial charge in [-0.1, -0.05) is 13.0 Å². The molecule has 0 radical (unpaired) electrons. The van der Waals surface area contributed by atoms with Crippen molar-refractivity contribution >= 4 is 27.3 Å². The molecule has 3 rings (SSSR count). The summed E-state index contributed by atoms with van der Waals surface area (Å²) in [6.07, 6.45) is 0.643. The van der Waals surface area contributed by atoms with Gasteiger partial charge in [-0.25, -0.2) is 8.42 Å². The summed E-state index contributed by atoms with van der Waals surface area (Å²) < 4.78 is 25.7. The number of nitrogens with one attached hydrogen (secondary N) is 2. The molecule has 0 aromatic heterocycles. The van der Waals surface area contributed by atoms with E-state index < -0.39 is 10.0 Å². The van der Waals surface area contributed by atoms with Crippen molar-refractivity contribution in [2.75, 3.05) is 35.0 Å². The van der Waals surface area contributed by atoms with Crippen LogP contribution in [0.3, 0.4) is 0 Å². The van der Waals surface area contributed by atoms with E-state index in [0.29, 0.717) is 30.3 Å². The van der Waals surface area contributed by atoms with E-state index in [1.54, 1.807) is 6.07 Å². The predicted molar refractivity (Wildman–Crippen MR) is 91.1 cm³/mol. The average Bonchev–Trinajstić information content (AvgIpc) is 2.78. The number of anilines is 2. The van der Waals surface area contributed by atoms with E-state index in [-0.39, 0.29) is 17.6 Å². The highest BCUT2D eigenvalue weighted by molar-refractivity contribution is 7.93. The van der Waals surface area contributed by atoms with E-state index in [2.05, 4.69) is 10.6 Å². The number of sulfonamides is 1. The summed E-state index contributed by atoms with van der Waals surface area (Å²) in [5.74, 6) is 0.486. The van der Waals surface area contributed by atoms with Crippen molar-refractivity contribution in [3.63, 3.8) is 0 Å². The fraction of sp³-hybridized carbons (Fsp3) is 0.562. The first-order chi connectivity index (χ1) is 10.9. The van der Waals surface area contributed by atoms with Gasteiger partial charge in [0.05, 0.1) is 11.4 Å². The van der Waals surface area contributed by atoms with Gasteiger partial charge in [-0.3, -0.25) is 9.10 Å². The quantitative estimate of drug-likeness (QED) is 0.869. The molecule has 2 aliphatic heterocycles. The highest BCUT2D eigenvalue weighted by atomic mass is 32.2. The third kappa shape index (κ3) is 3.21. The van der Waals surface area contributed by atoms with Crippen LogP contribution >= 0.6 is 0 Å². The van der Waals surface area contributed by atoms with Crippen LogP contribution in [0.5, 0.6) is 0 Å². The molecule has 6 nitrogen and oxygen atoms in total. The Bertz CT molecular complexity index is 713. The molecule has 2 saturated heterocycles. The maximum Gasteiger partial charge on any atom is 0.235 e. The molecule has 2 fully saturated rings. The maximum atomic E-state index is 12.3. The smallest absolute Gasteiger partial charge is 0.235 e. The summed E-state index contributed by atoms with van der Waals surface area (Å²) in [4.78, 5) is 12.3. The molecular formula is C16H23N3O3S. The van der Waals surface area contributed by atoms with E-state index in [1.807, 2.05) is 26.0 Å². The van der Waals surface area contributed by atoms with Crippen molar-refractivity contribution in [3.8, 4) is 0 Å². The summed E-state index contributed by atoms with van der Waals surface area (Å²) in [5.41, 5.74) is 2.21. The monoisotopic (exact) mass is 337 g/mol. The Balaban J connectivity index is 1.79. The molecule has 0 bridgehead atoms. The highest BCUT2D eigenvalue weighted by Gasteiger charge is 2.31. The first kappa shape index (κ1) is 16.3. The Kier molecular flexibility index (Phi) is 4.33. The van der Waals surface area contributed by atoms with Gasteiger partial charge in [-0.2, -0.15) is 0 Å². The van der Waals surface area contributed by atoms with Crippen LogP contribution in [0, 0.1) is 18.8 Å². The minimum Gasteiger partial charge on any atom is -0.326 e. The van der Waals surface area contributed by atoms with Crippen LogP contribution in [-0.2, 0) is 14.8 Å². The first-order valence-electron chi connectivity index (χ1n) is 8.01. The lowest BCUT2D eigenvalue weighted by molar-refractivity contribution is -0.121. The molecule has 2 N–H and O–H groups in total. The van der Waals surface area contributed by atoms with Crippen molar-refractivity contribution < 1.29 is 13.2 Å². The topological polar surface area (TPSA) is 78.5 Å². The van der Waals surface area contributed by atoms with Crippen LogP contribution in [0.4, 0.5) is 11.4 Å². The van der Waals surface area contributed by atoms with Gasteiger partial charge in [0.15, 0.2) is 0 Å². The predicted octanol–water partition coefficient (Wildman–Crippen LogP) is 1.33. The summed E-state index contributed by atoms with van der Waals surface area (Å²) in [5, 5.41) is 6.09. The van der Waals surface area contributed by atoms with E-state index in [4.69, 9.17) is 0 Å². The summed E-state index contributed by atoms with van der Waals surface area (Å²) >= 11 is 0. The van der Waals surface area contributed by atoms with Crippen LogP contribution in [0.2, 0.25) is 0 Å². The summed E-state index contributed by atoms with van der Waals surface area (Å²) in [6.45, 7) is 6.07. The van der Waals surface area contributed by atoms with Crippen LogP contribution < -0.4 is 14.9 Å². The zero-order chi connectivity index (χ0) is 16.6. The molecule has 1 unspecified atom stereocenters. The van der Waals surface area contributed by atoms with Crippen molar-refractivity contribution in [3.05, 3.63) is 23.8 Å². The molecule has 1 amide bonds. The SMILES string of the molecule is Cc1ccc(NC(=O)C(C)C2CNC2)cc1N1CCCS1(=O)=O. The van der Waals surface area contributed by atoms with Crippen molar-refractivity contribution in [2.24, 2.45) is 11.8 Å². The largest absolute Gasteiger partial charge is 0.326 e. The Morgan fingerprint density at radius 3 is 2.70 bits per heavy atom. The lowest BCUT2D eigenvalue weighted by atomic mass is 9.88. The van der Waals surface area contributed by atoms with E-state index in [1.165, 1.54) is 4.31 Å². The van der Waals surface area contributed by atoms with Crippen LogP contribution in [-0.4, -0.2) is 39.7 Å². The molecule has 2 heterocycles. The Morgan fingerprint density at radius 2 is 2.13 bits per heavy atom. The van der Waals surface area contributed by atoms with Gasteiger partial charge >= 0.3 is 0 Å². The van der Waals surface area contributed by atoms with Gasteiger partial charge in [-0.15, -0.1) is 0 Å². The van der Waals surface area contributed by atoms with E-state index >= 15 is 0 Å². The number of benzene rings is 1. The zero-order valence-electron chi connectivity index (χ0n) is 13.5. The molecule has 0 aliphatic carbocycles. The number of hydrogen-bond donors (Lipinski definition) is 2. The molecular weight excluding hydrogens is 314 g/mol. The molecule has 126 valence electrons. The van der Waals surface area contributed by atoms with E-state index in [0.717, 1.165) is 18.7 Å². The number of amides is 1. The summed E-state index contributed by atoms with van der Waals surface area (Å²) in [6, 6.07) is 5.45. The second-order valence-electron chi connectivity index (χ2n) is 6.44. The Hall–Kier alpha value is -1.60. The molecule has 2 aliphatic rings. The van der Waals surface area contributed by atoms with Gasteiger partial charge in [-0.05, 0) is 50.0 Å². The Labute approximate surface area is 137 Å². The number of carbonyl (C=O) groups excluding carboxylic acids is 1. The number of carbonyl (C=O) groups is 1. The van der Waals surface area contributed by atoms with Gasteiger partial charge in [0.1, 0.15) is 0 Å². The van der Waals surface area contributed by atoms with Gasteiger partial charge < -0.3 is 10.6 Å². The van der Waals surface area contributed by atoms with Crippen LogP contribution in [0.1, 0.15) is 18.9 Å². The number of hydrogen-bond acceptors (Lipinski definition) is 4. The molecule has 1 atom stereocenters. The minimum absolute atomic E-state index is 0.0180. The average molecular weight is 337 g/mol. The third-order valence-corrected chi connectivity index (χ3v) is 6.63. The van der Waals surface area contributed by atoms with Crippen LogP contribution in [0.25, 0.3) is 0 Å². The lowest BCUT2D eigenvalue weighted by Gasteiger charge is -2.31. The molecule has 0 saturated carbocycles. The fourth-order valence-corrected chi connectivity index (χ4v) is 4.62. The van der Waals surface area contributed by atoms with Crippen molar-refractivity contribution in [2.45, 2.75) is 20.3 Å². The molecule has 23 heavy (non-hydrogen) atoms. The number of rotatable bonds is 4. The van der Waals surface area contributed by atoms with Gasteiger partial charge in [0.25, 0.3) is 0 Å². The fourth-order valence-electron chi connectivity index (χ4n) is 3.00. The maximum absolute atomic E-state index is 12.3. The van der Waals surface area contributed by atoms with Crippen LogP contribution in [0.15, 0.2) is 18.2 Å². The molecule has 7 heteroatoms. The second-order valence-corrected chi connectivity index (χ2v) is 8.45. The Morgan fingerprint density at radius 1 is 1.39 bits per heavy atom. The second kappa shape index (κ2) is 6.13. The lowest BCUT2D eigenvalue weighted by Crippen LogP contribution is -2.48. The minimum atomic E-state index is -3.22. The number of nitrogens with zero attached hydrogens (tertiary/aromatic N) is 1. The number of aryl methyl sites for hydroxylation is 1. The van der Waals surface area contributed by atoms with Gasteiger partial charge in [0.2, 0.25) is 15.9 Å². The first-order valence-corrected chi connectivity index (χ1v) is 9.62. The highest BCUT2D eigenvalue weighted by Crippen LogP contribution is 2.30. The van der Waals surface area contributed by atoms with Crippen molar-refractivity contribution in [1.82, 2.24) is 5.32 Å². The van der Waals surface area contributed by atoms with Gasteiger partial charge in [0, 0.05) is 18.2 Å². The zero-order valence-corrected chi connectivity index (χ0v) is 14.3.